The molecule has 1 aliphatic rings. The molecule has 1 saturated heterocycles. The van der Waals surface area contributed by atoms with Gasteiger partial charge in [0.25, 0.3) is 0 Å². The van der Waals surface area contributed by atoms with Crippen LogP contribution in [-0.4, -0.2) is 34.1 Å². The van der Waals surface area contributed by atoms with Crippen molar-refractivity contribution in [3.05, 3.63) is 18.1 Å². The molecule has 0 saturated carbocycles. The van der Waals surface area contributed by atoms with Crippen LogP contribution in [0.3, 0.4) is 0 Å². The number of aliphatic carboxylic acids is 1. The Kier molecular flexibility index (Phi) is 3.03. The van der Waals surface area contributed by atoms with Gasteiger partial charge in [0.15, 0.2) is 0 Å². The molecule has 5 nitrogen and oxygen atoms in total. The van der Waals surface area contributed by atoms with E-state index in [1.165, 1.54) is 0 Å². The Morgan fingerprint density at radius 1 is 1.56 bits per heavy atom. The molecule has 1 aromatic heterocycles. The van der Waals surface area contributed by atoms with Gasteiger partial charge >= 0.3 is 5.97 Å². The SMILES string of the molecule is Cc1cncc(N2CCC[C@@H](C(=O)O)C2)n1. The van der Waals surface area contributed by atoms with Crippen molar-refractivity contribution in [2.24, 2.45) is 5.92 Å². The molecule has 1 aromatic rings. The number of hydrogen-bond acceptors (Lipinski definition) is 4. The lowest BCUT2D eigenvalue weighted by Crippen LogP contribution is -2.39. The van der Waals surface area contributed by atoms with Gasteiger partial charge in [-0.15, -0.1) is 0 Å². The second-order valence-electron chi connectivity index (χ2n) is 4.14. The summed E-state index contributed by atoms with van der Waals surface area (Å²) in [6.07, 6.45) is 5.04. The third-order valence-corrected chi connectivity index (χ3v) is 2.84. The van der Waals surface area contributed by atoms with Crippen molar-refractivity contribution < 1.29 is 9.90 Å². The largest absolute Gasteiger partial charge is 0.481 e. The van der Waals surface area contributed by atoms with Gasteiger partial charge in [-0.2, -0.15) is 0 Å². The number of carboxylic acid groups (broad SMARTS) is 1. The van der Waals surface area contributed by atoms with E-state index in [-0.39, 0.29) is 5.92 Å². The summed E-state index contributed by atoms with van der Waals surface area (Å²) in [6, 6.07) is 0. The van der Waals surface area contributed by atoms with Crippen LogP contribution in [0.4, 0.5) is 5.82 Å². The molecular formula is C11H15N3O2. The van der Waals surface area contributed by atoms with Crippen molar-refractivity contribution in [2.75, 3.05) is 18.0 Å². The smallest absolute Gasteiger partial charge is 0.308 e. The van der Waals surface area contributed by atoms with E-state index >= 15 is 0 Å². The minimum Gasteiger partial charge on any atom is -0.481 e. The number of aryl methyl sites for hydroxylation is 1. The standard InChI is InChI=1S/C11H15N3O2/c1-8-5-12-6-10(13-8)14-4-2-3-9(7-14)11(15)16/h5-6,9H,2-4,7H2,1H3,(H,15,16)/t9-/m1/s1. The van der Waals surface area contributed by atoms with Gasteiger partial charge in [0, 0.05) is 19.3 Å². The third-order valence-electron chi connectivity index (χ3n) is 2.84. The number of hydrogen-bond donors (Lipinski definition) is 1. The molecule has 0 radical (unpaired) electrons. The number of piperidine rings is 1. The van der Waals surface area contributed by atoms with Crippen LogP contribution in [0.15, 0.2) is 12.4 Å². The van der Waals surface area contributed by atoms with Gasteiger partial charge in [-0.25, -0.2) is 4.98 Å². The van der Waals surface area contributed by atoms with Crippen molar-refractivity contribution in [1.29, 1.82) is 0 Å². The van der Waals surface area contributed by atoms with Gasteiger partial charge in [-0.3, -0.25) is 9.78 Å². The Morgan fingerprint density at radius 3 is 3.06 bits per heavy atom. The number of anilines is 1. The summed E-state index contributed by atoms with van der Waals surface area (Å²) < 4.78 is 0. The Hall–Kier alpha value is -1.65. The zero-order valence-electron chi connectivity index (χ0n) is 9.26. The second kappa shape index (κ2) is 4.47. The minimum atomic E-state index is -0.717. The molecule has 0 unspecified atom stereocenters. The molecule has 0 aromatic carbocycles. The van der Waals surface area contributed by atoms with Crippen LogP contribution in [0, 0.1) is 12.8 Å². The highest BCUT2D eigenvalue weighted by Gasteiger charge is 2.26. The van der Waals surface area contributed by atoms with Gasteiger partial charge in [0.1, 0.15) is 5.82 Å². The van der Waals surface area contributed by atoms with Crippen LogP contribution in [0.25, 0.3) is 0 Å². The molecule has 5 heteroatoms. The van der Waals surface area contributed by atoms with Crippen LogP contribution in [-0.2, 0) is 4.79 Å². The van der Waals surface area contributed by atoms with Crippen LogP contribution >= 0.6 is 0 Å². The Labute approximate surface area is 94.1 Å². The fourth-order valence-corrected chi connectivity index (χ4v) is 1.99. The molecule has 1 N–H and O–H groups in total. The Bertz CT molecular complexity index is 395. The van der Waals surface area contributed by atoms with E-state index in [0.29, 0.717) is 6.54 Å². The lowest BCUT2D eigenvalue weighted by molar-refractivity contribution is -0.141. The maximum atomic E-state index is 10.9. The first kappa shape index (κ1) is 10.9. The van der Waals surface area contributed by atoms with E-state index in [4.69, 9.17) is 5.11 Å². The molecule has 0 aliphatic carbocycles. The van der Waals surface area contributed by atoms with E-state index < -0.39 is 5.97 Å². The van der Waals surface area contributed by atoms with Gasteiger partial charge in [0.05, 0.1) is 17.8 Å². The fourth-order valence-electron chi connectivity index (χ4n) is 1.99. The van der Waals surface area contributed by atoms with Crippen molar-refractivity contribution >= 4 is 11.8 Å². The maximum absolute atomic E-state index is 10.9. The average Bonchev–Trinajstić information content (AvgIpc) is 2.29. The van der Waals surface area contributed by atoms with Gasteiger partial charge in [0.2, 0.25) is 0 Å². The van der Waals surface area contributed by atoms with Crippen molar-refractivity contribution in [1.82, 2.24) is 9.97 Å². The Morgan fingerprint density at radius 2 is 2.38 bits per heavy atom. The number of carbonyl (C=O) groups is 1. The van der Waals surface area contributed by atoms with Crippen LogP contribution in [0.2, 0.25) is 0 Å². The van der Waals surface area contributed by atoms with Crippen molar-refractivity contribution in [3.63, 3.8) is 0 Å². The summed E-state index contributed by atoms with van der Waals surface area (Å²) in [7, 11) is 0. The normalized spacial score (nSPS) is 20.8. The minimum absolute atomic E-state index is 0.281. The van der Waals surface area contributed by atoms with Crippen molar-refractivity contribution in [3.8, 4) is 0 Å². The van der Waals surface area contributed by atoms with E-state index in [1.807, 2.05) is 11.8 Å². The summed E-state index contributed by atoms with van der Waals surface area (Å²) >= 11 is 0. The number of nitrogens with zero attached hydrogens (tertiary/aromatic N) is 3. The first-order valence-electron chi connectivity index (χ1n) is 5.43. The predicted octanol–water partition coefficient (Wildman–Crippen LogP) is 1.09. The monoisotopic (exact) mass is 221 g/mol. The molecule has 1 aliphatic heterocycles. The first-order valence-corrected chi connectivity index (χ1v) is 5.43. The highest BCUT2D eigenvalue weighted by Crippen LogP contribution is 2.21. The fraction of sp³-hybridized carbons (Fsp3) is 0.545. The molecule has 0 bridgehead atoms. The molecular weight excluding hydrogens is 206 g/mol. The molecule has 2 rings (SSSR count). The summed E-state index contributed by atoms with van der Waals surface area (Å²) in [5.74, 6) is -0.215. The number of carboxylic acids is 1. The number of aromatic nitrogens is 2. The van der Waals surface area contributed by atoms with Gasteiger partial charge < -0.3 is 10.0 Å². The topological polar surface area (TPSA) is 66.3 Å². The first-order chi connectivity index (χ1) is 7.66. The summed E-state index contributed by atoms with van der Waals surface area (Å²) in [5, 5.41) is 8.99. The lowest BCUT2D eigenvalue weighted by Gasteiger charge is -2.31. The quantitative estimate of drug-likeness (QED) is 0.809. The average molecular weight is 221 g/mol. The molecule has 0 spiro atoms. The second-order valence-corrected chi connectivity index (χ2v) is 4.14. The van der Waals surface area contributed by atoms with Crippen LogP contribution in [0.1, 0.15) is 18.5 Å². The zero-order valence-corrected chi connectivity index (χ0v) is 9.26. The van der Waals surface area contributed by atoms with Crippen LogP contribution in [0.5, 0.6) is 0 Å². The van der Waals surface area contributed by atoms with E-state index in [0.717, 1.165) is 30.9 Å². The third kappa shape index (κ3) is 2.29. The number of rotatable bonds is 2. The summed E-state index contributed by atoms with van der Waals surface area (Å²) in [4.78, 5) is 21.4. The summed E-state index contributed by atoms with van der Waals surface area (Å²) in [6.45, 7) is 3.28. The predicted molar refractivity (Wildman–Crippen MR) is 59.3 cm³/mol. The molecule has 16 heavy (non-hydrogen) atoms. The molecule has 1 fully saturated rings. The Balaban J connectivity index is 2.12. The molecule has 2 heterocycles. The van der Waals surface area contributed by atoms with Gasteiger partial charge in [-0.05, 0) is 19.8 Å². The molecule has 86 valence electrons. The van der Waals surface area contributed by atoms with E-state index in [2.05, 4.69) is 9.97 Å². The molecule has 0 amide bonds. The summed E-state index contributed by atoms with van der Waals surface area (Å²) in [5.41, 5.74) is 0.856. The van der Waals surface area contributed by atoms with Crippen LogP contribution < -0.4 is 4.90 Å². The lowest BCUT2D eigenvalue weighted by atomic mass is 9.98. The maximum Gasteiger partial charge on any atom is 0.308 e. The highest BCUT2D eigenvalue weighted by molar-refractivity contribution is 5.71. The van der Waals surface area contributed by atoms with E-state index in [1.54, 1.807) is 12.4 Å². The van der Waals surface area contributed by atoms with Gasteiger partial charge in [-0.1, -0.05) is 0 Å². The highest BCUT2D eigenvalue weighted by atomic mass is 16.4. The van der Waals surface area contributed by atoms with E-state index in [9.17, 15) is 4.79 Å². The van der Waals surface area contributed by atoms with Crippen molar-refractivity contribution in [2.45, 2.75) is 19.8 Å². The zero-order chi connectivity index (χ0) is 11.5. The molecule has 1 atom stereocenters.